The molecule has 0 aliphatic heterocycles. The minimum absolute atomic E-state index is 0.0261. The predicted molar refractivity (Wildman–Crippen MR) is 104 cm³/mol. The molecule has 3 heterocycles. The summed E-state index contributed by atoms with van der Waals surface area (Å²) in [7, 11) is 0. The normalized spacial score (nSPS) is 20.1. The van der Waals surface area contributed by atoms with Crippen LogP contribution in [-0.4, -0.2) is 31.6 Å². The molecule has 140 valence electrons. The number of fused-ring (bicyclic) bond motifs is 1. The number of aromatic nitrogens is 3. The summed E-state index contributed by atoms with van der Waals surface area (Å²) < 4.78 is 1.71. The molecular weight excluding hydrogens is 362 g/mol. The first-order valence-corrected chi connectivity index (χ1v) is 9.77. The quantitative estimate of drug-likeness (QED) is 0.532. The molecule has 3 aromatic heterocycles. The number of nitrogens with zero attached hydrogens (tertiary/aromatic N) is 3. The zero-order valence-electron chi connectivity index (χ0n) is 15.0. The highest BCUT2D eigenvalue weighted by atomic mass is 35.5. The lowest BCUT2D eigenvalue weighted by Crippen LogP contribution is -2.27. The number of aliphatic hydroxyl groups is 1. The van der Waals surface area contributed by atoms with Gasteiger partial charge in [-0.1, -0.05) is 30.5 Å². The van der Waals surface area contributed by atoms with Gasteiger partial charge in [-0.05, 0) is 54.2 Å². The van der Waals surface area contributed by atoms with Crippen molar-refractivity contribution in [1.82, 2.24) is 14.6 Å². The van der Waals surface area contributed by atoms with Crippen LogP contribution in [0.25, 0.3) is 5.52 Å². The molecule has 6 heteroatoms. The van der Waals surface area contributed by atoms with Crippen molar-refractivity contribution in [2.45, 2.75) is 44.6 Å². The number of halogens is 1. The van der Waals surface area contributed by atoms with Crippen LogP contribution >= 0.6 is 11.6 Å². The smallest absolute Gasteiger partial charge is 0.181 e. The first kappa shape index (κ1) is 18.1. The molecule has 1 saturated carbocycles. The first-order valence-electron chi connectivity index (χ1n) is 9.40. The lowest BCUT2D eigenvalue weighted by Gasteiger charge is -2.26. The molecular formula is C21H22ClN3O2. The Morgan fingerprint density at radius 3 is 2.81 bits per heavy atom. The van der Waals surface area contributed by atoms with Crippen molar-refractivity contribution >= 4 is 22.9 Å². The molecule has 4 rings (SSSR count). The molecule has 0 aromatic carbocycles. The van der Waals surface area contributed by atoms with Gasteiger partial charge in [-0.3, -0.25) is 4.79 Å². The molecule has 27 heavy (non-hydrogen) atoms. The maximum absolute atomic E-state index is 13.0. The van der Waals surface area contributed by atoms with Crippen LogP contribution in [0, 0.1) is 5.92 Å². The van der Waals surface area contributed by atoms with E-state index >= 15 is 0 Å². The zero-order valence-corrected chi connectivity index (χ0v) is 15.8. The molecule has 0 spiro atoms. The molecule has 0 unspecified atom stereocenters. The SMILES string of the molecule is O=C(C[C@H]1CCCC[C@@H]1O)c1cc(Cc2cccnc2Cl)c2cccnn12. The van der Waals surface area contributed by atoms with Crippen LogP contribution in [-0.2, 0) is 6.42 Å². The molecule has 0 bridgehead atoms. The number of Topliss-reactive ketones (excluding diaryl/α,β-unsaturated/α-hetero) is 1. The van der Waals surface area contributed by atoms with Crippen LogP contribution in [0.1, 0.15) is 53.7 Å². The Kier molecular flexibility index (Phi) is 5.23. The Balaban J connectivity index is 1.65. The number of carbonyl (C=O) groups excluding carboxylic acids is 1. The summed E-state index contributed by atoms with van der Waals surface area (Å²) in [6.45, 7) is 0. The molecule has 5 nitrogen and oxygen atoms in total. The summed E-state index contributed by atoms with van der Waals surface area (Å²) in [4.78, 5) is 17.1. The number of carbonyl (C=O) groups is 1. The average molecular weight is 384 g/mol. The van der Waals surface area contributed by atoms with Crippen molar-refractivity contribution in [3.8, 4) is 0 Å². The van der Waals surface area contributed by atoms with Crippen LogP contribution < -0.4 is 0 Å². The van der Waals surface area contributed by atoms with Gasteiger partial charge in [-0.15, -0.1) is 0 Å². The third kappa shape index (κ3) is 3.75. The van der Waals surface area contributed by atoms with E-state index in [1.165, 1.54) is 0 Å². The van der Waals surface area contributed by atoms with Gasteiger partial charge in [-0.2, -0.15) is 5.10 Å². The molecule has 2 atom stereocenters. The topological polar surface area (TPSA) is 67.5 Å². The third-order valence-electron chi connectivity index (χ3n) is 5.44. The molecule has 0 saturated heterocycles. The van der Waals surface area contributed by atoms with Crippen molar-refractivity contribution < 1.29 is 9.90 Å². The molecule has 0 amide bonds. The number of aliphatic hydroxyl groups excluding tert-OH is 1. The van der Waals surface area contributed by atoms with Gasteiger partial charge in [0.1, 0.15) is 10.8 Å². The Labute approximate surface area is 163 Å². The Bertz CT molecular complexity index is 969. The van der Waals surface area contributed by atoms with Gasteiger partial charge in [0, 0.05) is 25.2 Å². The highest BCUT2D eigenvalue weighted by Gasteiger charge is 2.27. The monoisotopic (exact) mass is 383 g/mol. The number of ketones is 1. The van der Waals surface area contributed by atoms with E-state index in [2.05, 4.69) is 10.1 Å². The van der Waals surface area contributed by atoms with Crippen molar-refractivity contribution in [3.05, 3.63) is 64.7 Å². The summed E-state index contributed by atoms with van der Waals surface area (Å²) in [5.41, 5.74) is 3.37. The average Bonchev–Trinajstić information content (AvgIpc) is 3.04. The van der Waals surface area contributed by atoms with Gasteiger partial charge >= 0.3 is 0 Å². The second-order valence-corrected chi connectivity index (χ2v) is 7.60. The maximum Gasteiger partial charge on any atom is 0.181 e. The maximum atomic E-state index is 13.0. The van der Waals surface area contributed by atoms with Gasteiger partial charge in [-0.25, -0.2) is 9.50 Å². The van der Waals surface area contributed by atoms with Crippen molar-refractivity contribution in [3.63, 3.8) is 0 Å². The fraction of sp³-hybridized carbons (Fsp3) is 0.381. The fourth-order valence-corrected chi connectivity index (χ4v) is 4.16. The van der Waals surface area contributed by atoms with Crippen LogP contribution in [0.5, 0.6) is 0 Å². The highest BCUT2D eigenvalue weighted by Crippen LogP contribution is 2.29. The minimum atomic E-state index is -0.379. The Hall–Kier alpha value is -2.24. The summed E-state index contributed by atoms with van der Waals surface area (Å²) in [6, 6.07) is 9.52. The molecule has 0 radical (unpaired) electrons. The van der Waals surface area contributed by atoms with Gasteiger partial charge < -0.3 is 5.11 Å². The van der Waals surface area contributed by atoms with E-state index < -0.39 is 0 Å². The first-order chi connectivity index (χ1) is 13.1. The zero-order chi connectivity index (χ0) is 18.8. The van der Waals surface area contributed by atoms with E-state index in [0.29, 0.717) is 23.7 Å². The van der Waals surface area contributed by atoms with Gasteiger partial charge in [0.05, 0.1) is 11.6 Å². The lowest BCUT2D eigenvalue weighted by atomic mass is 9.83. The van der Waals surface area contributed by atoms with Gasteiger partial charge in [0.15, 0.2) is 5.78 Å². The van der Waals surface area contributed by atoms with E-state index in [-0.39, 0.29) is 17.8 Å². The van der Waals surface area contributed by atoms with Crippen LogP contribution in [0.15, 0.2) is 42.7 Å². The molecule has 3 aromatic rings. The largest absolute Gasteiger partial charge is 0.393 e. The highest BCUT2D eigenvalue weighted by molar-refractivity contribution is 6.30. The van der Waals surface area contributed by atoms with Crippen molar-refractivity contribution in [2.24, 2.45) is 5.92 Å². The standard InChI is InChI=1S/C21H22ClN3O2/c22-21-15(6-3-9-23-21)11-16-12-18(25-17(16)7-4-10-24-25)20(27)13-14-5-1-2-8-19(14)26/h3-4,6-7,9-10,12,14,19,26H,1-2,5,8,11,13H2/t14-,19+/m1/s1. The van der Waals surface area contributed by atoms with Crippen LogP contribution in [0.2, 0.25) is 5.15 Å². The van der Waals surface area contributed by atoms with E-state index in [0.717, 1.165) is 42.3 Å². The number of hydrogen-bond donors (Lipinski definition) is 1. The van der Waals surface area contributed by atoms with E-state index in [4.69, 9.17) is 11.6 Å². The van der Waals surface area contributed by atoms with E-state index in [1.807, 2.05) is 30.3 Å². The molecule has 1 N–H and O–H groups in total. The van der Waals surface area contributed by atoms with Crippen molar-refractivity contribution in [1.29, 1.82) is 0 Å². The van der Waals surface area contributed by atoms with Crippen molar-refractivity contribution in [2.75, 3.05) is 0 Å². The molecule has 1 fully saturated rings. The molecule has 1 aliphatic rings. The minimum Gasteiger partial charge on any atom is -0.393 e. The summed E-state index contributed by atoms with van der Waals surface area (Å²) in [5, 5.41) is 15.1. The van der Waals surface area contributed by atoms with E-state index in [1.54, 1.807) is 16.9 Å². The van der Waals surface area contributed by atoms with Crippen LogP contribution in [0.4, 0.5) is 0 Å². The van der Waals surface area contributed by atoms with Gasteiger partial charge in [0.2, 0.25) is 0 Å². The number of rotatable bonds is 5. The molecule has 1 aliphatic carbocycles. The summed E-state index contributed by atoms with van der Waals surface area (Å²) in [5.74, 6) is 0.0647. The third-order valence-corrected chi connectivity index (χ3v) is 5.78. The second kappa shape index (κ2) is 7.79. The van der Waals surface area contributed by atoms with E-state index in [9.17, 15) is 9.90 Å². The Morgan fingerprint density at radius 1 is 1.19 bits per heavy atom. The predicted octanol–water partition coefficient (Wildman–Crippen LogP) is 4.10. The number of pyridine rings is 1. The van der Waals surface area contributed by atoms with Crippen LogP contribution in [0.3, 0.4) is 0 Å². The number of hydrogen-bond acceptors (Lipinski definition) is 4. The summed E-state index contributed by atoms with van der Waals surface area (Å²) in [6.07, 6.45) is 7.71. The fourth-order valence-electron chi connectivity index (χ4n) is 3.97. The summed E-state index contributed by atoms with van der Waals surface area (Å²) >= 11 is 6.21. The van der Waals surface area contributed by atoms with Gasteiger partial charge in [0.25, 0.3) is 0 Å². The second-order valence-electron chi connectivity index (χ2n) is 7.24. The lowest BCUT2D eigenvalue weighted by molar-refractivity contribution is 0.0580. The Morgan fingerprint density at radius 2 is 2.00 bits per heavy atom.